The Morgan fingerprint density at radius 1 is 1.03 bits per heavy atom. The lowest BCUT2D eigenvalue weighted by Crippen LogP contribution is -2.31. The second-order valence-corrected chi connectivity index (χ2v) is 8.63. The van der Waals surface area contributed by atoms with Crippen molar-refractivity contribution in [3.8, 4) is 16.9 Å². The highest BCUT2D eigenvalue weighted by Crippen LogP contribution is 2.27. The summed E-state index contributed by atoms with van der Waals surface area (Å²) in [7, 11) is 1.92. The molecule has 4 rings (SSSR count). The predicted molar refractivity (Wildman–Crippen MR) is 128 cm³/mol. The molecular formula is C24H23Cl2N5O. The van der Waals surface area contributed by atoms with Crippen LogP contribution in [-0.4, -0.2) is 31.5 Å². The predicted octanol–water partition coefficient (Wildman–Crippen LogP) is 5.11. The molecule has 0 atom stereocenters. The molecule has 0 unspecified atom stereocenters. The first-order chi connectivity index (χ1) is 15.3. The number of aryl methyl sites for hydroxylation is 2. The molecule has 164 valence electrons. The summed E-state index contributed by atoms with van der Waals surface area (Å²) in [5.74, 6) is 0. The number of hydrogen-bond donors (Lipinski definition) is 0. The number of halogens is 2. The SMILES string of the molecule is Cc1ccc(-c2nn(-c3ccccc3)cc2CN(C)Cn2ncc(Cl)c(Cl)c2=O)cc1C. The molecule has 2 heterocycles. The Morgan fingerprint density at radius 2 is 1.78 bits per heavy atom. The number of rotatable bonds is 6. The summed E-state index contributed by atoms with van der Waals surface area (Å²) in [5.41, 5.74) is 6.00. The van der Waals surface area contributed by atoms with Crippen molar-refractivity contribution in [2.75, 3.05) is 7.05 Å². The lowest BCUT2D eigenvalue weighted by atomic mass is 10.0. The third-order valence-corrected chi connectivity index (χ3v) is 6.10. The number of benzene rings is 2. The fraction of sp³-hybridized carbons (Fsp3) is 0.208. The lowest BCUT2D eigenvalue weighted by Gasteiger charge is -2.17. The molecule has 6 nitrogen and oxygen atoms in total. The number of hydrogen-bond acceptors (Lipinski definition) is 4. The van der Waals surface area contributed by atoms with Gasteiger partial charge in [0.25, 0.3) is 5.56 Å². The zero-order valence-corrected chi connectivity index (χ0v) is 19.6. The van der Waals surface area contributed by atoms with E-state index in [1.54, 1.807) is 0 Å². The second kappa shape index (κ2) is 9.28. The minimum Gasteiger partial charge on any atom is -0.283 e. The largest absolute Gasteiger partial charge is 0.288 e. The molecule has 0 saturated carbocycles. The molecule has 4 aromatic rings. The van der Waals surface area contributed by atoms with E-state index in [4.69, 9.17) is 28.3 Å². The average Bonchev–Trinajstić information content (AvgIpc) is 3.20. The molecule has 0 spiro atoms. The van der Waals surface area contributed by atoms with Gasteiger partial charge in [0, 0.05) is 23.9 Å². The summed E-state index contributed by atoms with van der Waals surface area (Å²) in [6.45, 7) is 5.02. The summed E-state index contributed by atoms with van der Waals surface area (Å²) in [6, 6.07) is 16.3. The van der Waals surface area contributed by atoms with Gasteiger partial charge in [0.15, 0.2) is 0 Å². The van der Waals surface area contributed by atoms with E-state index >= 15 is 0 Å². The Hall–Kier alpha value is -2.93. The van der Waals surface area contributed by atoms with Gasteiger partial charge in [0.2, 0.25) is 0 Å². The Morgan fingerprint density at radius 3 is 2.50 bits per heavy atom. The summed E-state index contributed by atoms with van der Waals surface area (Å²) in [6.07, 6.45) is 3.41. The van der Waals surface area contributed by atoms with E-state index in [0.717, 1.165) is 22.5 Å². The molecular weight excluding hydrogens is 445 g/mol. The fourth-order valence-electron chi connectivity index (χ4n) is 3.49. The molecule has 0 aliphatic rings. The van der Waals surface area contributed by atoms with E-state index in [0.29, 0.717) is 6.54 Å². The molecule has 0 fully saturated rings. The highest BCUT2D eigenvalue weighted by Gasteiger charge is 2.16. The maximum atomic E-state index is 12.4. The number of para-hydroxylation sites is 1. The maximum absolute atomic E-state index is 12.4. The van der Waals surface area contributed by atoms with E-state index in [9.17, 15) is 4.79 Å². The van der Waals surface area contributed by atoms with E-state index in [1.807, 2.05) is 53.2 Å². The fourth-order valence-corrected chi connectivity index (χ4v) is 3.76. The van der Waals surface area contributed by atoms with Crippen molar-refractivity contribution >= 4 is 23.2 Å². The summed E-state index contributed by atoms with van der Waals surface area (Å²) >= 11 is 11.9. The van der Waals surface area contributed by atoms with Crippen LogP contribution < -0.4 is 5.56 Å². The van der Waals surface area contributed by atoms with Gasteiger partial charge in [0.05, 0.1) is 29.3 Å². The van der Waals surface area contributed by atoms with Gasteiger partial charge in [-0.2, -0.15) is 10.2 Å². The van der Waals surface area contributed by atoms with Crippen molar-refractivity contribution in [1.82, 2.24) is 24.5 Å². The van der Waals surface area contributed by atoms with Gasteiger partial charge in [-0.15, -0.1) is 0 Å². The van der Waals surface area contributed by atoms with Crippen LogP contribution in [0.5, 0.6) is 0 Å². The molecule has 0 N–H and O–H groups in total. The van der Waals surface area contributed by atoms with Crippen molar-refractivity contribution in [3.63, 3.8) is 0 Å². The quantitative estimate of drug-likeness (QED) is 0.395. The molecule has 0 saturated heterocycles. The summed E-state index contributed by atoms with van der Waals surface area (Å²) in [4.78, 5) is 14.3. The highest BCUT2D eigenvalue weighted by atomic mass is 35.5. The topological polar surface area (TPSA) is 56.0 Å². The lowest BCUT2D eigenvalue weighted by molar-refractivity contribution is 0.240. The van der Waals surface area contributed by atoms with E-state index in [2.05, 4.69) is 37.1 Å². The van der Waals surface area contributed by atoms with Gasteiger partial charge >= 0.3 is 0 Å². The first kappa shape index (κ1) is 22.3. The molecule has 0 amide bonds. The van der Waals surface area contributed by atoms with Gasteiger partial charge in [-0.3, -0.25) is 9.69 Å². The maximum Gasteiger partial charge on any atom is 0.288 e. The zero-order chi connectivity index (χ0) is 22.8. The monoisotopic (exact) mass is 467 g/mol. The van der Waals surface area contributed by atoms with E-state index in [-0.39, 0.29) is 16.7 Å². The molecule has 2 aromatic heterocycles. The minimum absolute atomic E-state index is 0.0252. The minimum atomic E-state index is -0.416. The summed E-state index contributed by atoms with van der Waals surface area (Å²) < 4.78 is 3.18. The first-order valence-corrected chi connectivity index (χ1v) is 10.9. The van der Waals surface area contributed by atoms with Gasteiger partial charge in [-0.25, -0.2) is 9.36 Å². The van der Waals surface area contributed by atoms with Crippen LogP contribution in [0.15, 0.2) is 65.7 Å². The van der Waals surface area contributed by atoms with Crippen molar-refractivity contribution in [1.29, 1.82) is 0 Å². The van der Waals surface area contributed by atoms with Crippen molar-refractivity contribution in [2.24, 2.45) is 0 Å². The van der Waals surface area contributed by atoms with Crippen LogP contribution in [0.4, 0.5) is 0 Å². The van der Waals surface area contributed by atoms with Crippen molar-refractivity contribution in [2.45, 2.75) is 27.1 Å². The average molecular weight is 468 g/mol. The van der Waals surface area contributed by atoms with Gasteiger partial charge in [0.1, 0.15) is 5.02 Å². The number of aromatic nitrogens is 4. The van der Waals surface area contributed by atoms with E-state index in [1.165, 1.54) is 22.0 Å². The van der Waals surface area contributed by atoms with Crippen LogP contribution in [0.1, 0.15) is 16.7 Å². The van der Waals surface area contributed by atoms with Gasteiger partial charge < -0.3 is 0 Å². The molecule has 0 aliphatic carbocycles. The van der Waals surface area contributed by atoms with Crippen LogP contribution in [0, 0.1) is 13.8 Å². The molecule has 0 aliphatic heterocycles. The van der Waals surface area contributed by atoms with Crippen LogP contribution in [0.3, 0.4) is 0 Å². The standard InChI is InChI=1S/C24H23Cl2N5O/c1-16-9-10-18(11-17(16)2)23-19(14-30(28-23)20-7-5-4-6-8-20)13-29(3)15-31-24(32)22(26)21(25)12-27-31/h4-12,14H,13,15H2,1-3H3. The highest BCUT2D eigenvalue weighted by molar-refractivity contribution is 6.41. The number of nitrogens with zero attached hydrogens (tertiary/aromatic N) is 5. The van der Waals surface area contributed by atoms with Crippen LogP contribution >= 0.6 is 23.2 Å². The Balaban J connectivity index is 1.69. The molecule has 0 radical (unpaired) electrons. The van der Waals surface area contributed by atoms with Gasteiger partial charge in [-0.1, -0.05) is 53.5 Å². The van der Waals surface area contributed by atoms with Crippen LogP contribution in [0.2, 0.25) is 10.0 Å². The van der Waals surface area contributed by atoms with Crippen LogP contribution in [-0.2, 0) is 13.2 Å². The molecule has 2 aromatic carbocycles. The van der Waals surface area contributed by atoms with Crippen molar-refractivity contribution in [3.05, 3.63) is 98.0 Å². The Labute approximate surface area is 196 Å². The van der Waals surface area contributed by atoms with E-state index < -0.39 is 5.56 Å². The Kier molecular flexibility index (Phi) is 6.46. The normalized spacial score (nSPS) is 11.3. The first-order valence-electron chi connectivity index (χ1n) is 10.1. The molecule has 0 bridgehead atoms. The zero-order valence-electron chi connectivity index (χ0n) is 18.1. The van der Waals surface area contributed by atoms with Crippen molar-refractivity contribution < 1.29 is 0 Å². The third kappa shape index (κ3) is 4.63. The van der Waals surface area contributed by atoms with Crippen LogP contribution in [0.25, 0.3) is 16.9 Å². The summed E-state index contributed by atoms with van der Waals surface area (Å²) in [5, 5.41) is 9.12. The second-order valence-electron chi connectivity index (χ2n) is 7.85. The smallest absolute Gasteiger partial charge is 0.283 e. The van der Waals surface area contributed by atoms with Gasteiger partial charge in [-0.05, 0) is 50.2 Å². The molecule has 32 heavy (non-hydrogen) atoms. The Bertz CT molecular complexity index is 1310. The molecule has 8 heteroatoms. The third-order valence-electron chi connectivity index (χ3n) is 5.35.